The molecule has 0 bridgehead atoms. The van der Waals surface area contributed by atoms with Gasteiger partial charge in [0.25, 0.3) is 11.1 Å². The summed E-state index contributed by atoms with van der Waals surface area (Å²) in [5.41, 5.74) is 0.545. The molecule has 0 radical (unpaired) electrons. The molecule has 198 valence electrons. The van der Waals surface area contributed by atoms with Crippen molar-refractivity contribution in [3.05, 3.63) is 34.6 Å². The van der Waals surface area contributed by atoms with Gasteiger partial charge < -0.3 is 15.0 Å². The minimum Gasteiger partial charge on any atom is -0.464 e. The highest BCUT2D eigenvalue weighted by Gasteiger charge is 2.36. The lowest BCUT2D eigenvalue weighted by Gasteiger charge is -2.35. The maximum Gasteiger partial charge on any atom is 0.278 e. The van der Waals surface area contributed by atoms with E-state index in [1.165, 1.54) is 17.4 Å². The summed E-state index contributed by atoms with van der Waals surface area (Å²) in [6, 6.07) is -0.00996. The highest BCUT2D eigenvalue weighted by atomic mass is 32.1. The molecule has 36 heavy (non-hydrogen) atoms. The molecule has 0 atom stereocenters. The fraction of sp³-hybridized carbons (Fsp3) is 0.640. The van der Waals surface area contributed by atoms with E-state index in [1.54, 1.807) is 17.0 Å². The van der Waals surface area contributed by atoms with Gasteiger partial charge in [-0.3, -0.25) is 9.48 Å². The molecule has 3 heterocycles. The molecule has 2 aromatic heterocycles. The first kappa shape index (κ1) is 26.7. The third-order valence-corrected chi connectivity index (χ3v) is 7.85. The molecule has 2 aromatic rings. The van der Waals surface area contributed by atoms with E-state index in [-0.39, 0.29) is 11.9 Å². The van der Waals surface area contributed by atoms with Crippen molar-refractivity contribution in [2.45, 2.75) is 69.5 Å². The normalized spacial score (nSPS) is 23.4. The van der Waals surface area contributed by atoms with Gasteiger partial charge in [0, 0.05) is 68.8 Å². The van der Waals surface area contributed by atoms with E-state index >= 15 is 4.39 Å². The summed E-state index contributed by atoms with van der Waals surface area (Å²) in [4.78, 5) is 19.9. The third-order valence-electron chi connectivity index (χ3n) is 6.78. The summed E-state index contributed by atoms with van der Waals surface area (Å²) in [6.45, 7) is 2.37. The van der Waals surface area contributed by atoms with Gasteiger partial charge in [-0.05, 0) is 44.6 Å². The van der Waals surface area contributed by atoms with Crippen LogP contribution in [0.15, 0.2) is 18.5 Å². The molecule has 0 spiro atoms. The molecule has 1 aliphatic carbocycles. The number of halogens is 3. The largest absolute Gasteiger partial charge is 0.464 e. The standard InChI is InChI=1S/C25H34F3N5O2S/c1-24(26,27)17-35-23-31-20-7-12-33(13-8-21(20)36-23)14-11-25(28)9-5-19(6-10-25)30-22(34)4-3-18-15-29-32(2)16-18/h3-4,15-16,19H,5-14,17H2,1-2H3,(H,30,34)/b4-3+. The molecular formula is C25H34F3N5O2S. The van der Waals surface area contributed by atoms with Crippen LogP contribution in [0.3, 0.4) is 0 Å². The quantitative estimate of drug-likeness (QED) is 0.498. The Bertz CT molecular complexity index is 1030. The second-order valence-corrected chi connectivity index (χ2v) is 11.1. The molecule has 1 aliphatic heterocycles. The van der Waals surface area contributed by atoms with Crippen molar-refractivity contribution >= 4 is 23.3 Å². The average molecular weight is 526 g/mol. The SMILES string of the molecule is Cn1cc(/C=C/C(=O)NC2CCC(F)(CCN3CCc4nc(OCC(C)(F)F)sc4CC3)CC2)cn1. The zero-order valence-electron chi connectivity index (χ0n) is 20.8. The number of thiazole rings is 1. The number of nitrogens with one attached hydrogen (secondary N) is 1. The smallest absolute Gasteiger partial charge is 0.278 e. The van der Waals surface area contributed by atoms with Crippen LogP contribution in [0.1, 0.15) is 55.2 Å². The predicted octanol–water partition coefficient (Wildman–Crippen LogP) is 4.18. The average Bonchev–Trinajstić information content (AvgIpc) is 3.37. The lowest BCUT2D eigenvalue weighted by molar-refractivity contribution is -0.117. The minimum atomic E-state index is -2.88. The summed E-state index contributed by atoms with van der Waals surface area (Å²) in [6.07, 6.45) is 10.8. The van der Waals surface area contributed by atoms with Gasteiger partial charge in [0.1, 0.15) is 5.67 Å². The fourth-order valence-corrected chi connectivity index (χ4v) is 5.64. The van der Waals surface area contributed by atoms with Crippen LogP contribution < -0.4 is 10.1 Å². The Labute approximate surface area is 213 Å². The minimum absolute atomic E-state index is 0.00996. The summed E-state index contributed by atoms with van der Waals surface area (Å²) in [5, 5.41) is 7.35. The van der Waals surface area contributed by atoms with Crippen LogP contribution in [0, 0.1) is 0 Å². The number of ether oxygens (including phenoxy) is 1. The number of aryl methyl sites for hydroxylation is 1. The van der Waals surface area contributed by atoms with Gasteiger partial charge in [-0.1, -0.05) is 11.3 Å². The van der Waals surface area contributed by atoms with Gasteiger partial charge in [-0.15, -0.1) is 0 Å². The van der Waals surface area contributed by atoms with Crippen molar-refractivity contribution in [1.82, 2.24) is 25.0 Å². The molecule has 0 unspecified atom stereocenters. The second kappa shape index (κ2) is 11.3. The van der Waals surface area contributed by atoms with Crippen LogP contribution in [0.25, 0.3) is 6.08 Å². The van der Waals surface area contributed by atoms with Crippen LogP contribution in [0.5, 0.6) is 5.19 Å². The molecule has 11 heteroatoms. The molecular weight excluding hydrogens is 491 g/mol. The van der Waals surface area contributed by atoms with Crippen LogP contribution in [-0.4, -0.2) is 69.4 Å². The van der Waals surface area contributed by atoms with Gasteiger partial charge in [0.15, 0.2) is 6.61 Å². The zero-order chi connectivity index (χ0) is 25.8. The van der Waals surface area contributed by atoms with Crippen molar-refractivity contribution in [2.75, 3.05) is 26.2 Å². The van der Waals surface area contributed by atoms with Gasteiger partial charge in [0.2, 0.25) is 5.91 Å². The maximum atomic E-state index is 15.5. The number of alkyl halides is 3. The number of aromatic nitrogens is 3. The number of rotatable bonds is 9. The van der Waals surface area contributed by atoms with Gasteiger partial charge >= 0.3 is 0 Å². The maximum absolute atomic E-state index is 15.5. The lowest BCUT2D eigenvalue weighted by atomic mass is 9.81. The molecule has 1 N–H and O–H groups in total. The first-order chi connectivity index (χ1) is 17.1. The molecule has 1 amide bonds. The number of fused-ring (bicyclic) bond motifs is 1. The Hall–Kier alpha value is -2.40. The fourth-order valence-electron chi connectivity index (χ4n) is 4.69. The Balaban J connectivity index is 1.17. The Morgan fingerprint density at radius 1 is 1.33 bits per heavy atom. The van der Waals surface area contributed by atoms with Gasteiger partial charge in [-0.2, -0.15) is 5.10 Å². The lowest BCUT2D eigenvalue weighted by Crippen LogP contribution is -2.42. The van der Waals surface area contributed by atoms with Crippen LogP contribution in [-0.2, 0) is 24.7 Å². The van der Waals surface area contributed by atoms with Gasteiger partial charge in [-0.25, -0.2) is 18.2 Å². The Morgan fingerprint density at radius 3 is 2.78 bits per heavy atom. The van der Waals surface area contributed by atoms with Crippen LogP contribution >= 0.6 is 11.3 Å². The second-order valence-electron chi connectivity index (χ2n) is 10.0. The van der Waals surface area contributed by atoms with E-state index in [4.69, 9.17) is 4.74 Å². The molecule has 1 saturated carbocycles. The first-order valence-electron chi connectivity index (χ1n) is 12.4. The molecule has 1 fully saturated rings. The van der Waals surface area contributed by atoms with Crippen molar-refractivity contribution in [2.24, 2.45) is 7.05 Å². The molecule has 2 aliphatic rings. The van der Waals surface area contributed by atoms with E-state index in [0.717, 1.165) is 42.6 Å². The number of amides is 1. The third kappa shape index (κ3) is 7.80. The summed E-state index contributed by atoms with van der Waals surface area (Å²) >= 11 is 1.33. The Morgan fingerprint density at radius 2 is 2.08 bits per heavy atom. The Kier molecular flexibility index (Phi) is 8.39. The van der Waals surface area contributed by atoms with Crippen LogP contribution in [0.2, 0.25) is 0 Å². The number of carbonyl (C=O) groups excluding carboxylic acids is 1. The number of hydrogen-bond acceptors (Lipinski definition) is 6. The summed E-state index contributed by atoms with van der Waals surface area (Å²) in [5.74, 6) is -3.05. The molecule has 4 rings (SSSR count). The zero-order valence-corrected chi connectivity index (χ0v) is 21.6. The molecule has 0 aromatic carbocycles. The van der Waals surface area contributed by atoms with Crippen molar-refractivity contribution < 1.29 is 22.7 Å². The van der Waals surface area contributed by atoms with E-state index in [0.29, 0.717) is 50.3 Å². The molecule has 0 saturated heterocycles. The highest BCUT2D eigenvalue weighted by Crippen LogP contribution is 2.35. The highest BCUT2D eigenvalue weighted by molar-refractivity contribution is 7.13. The van der Waals surface area contributed by atoms with E-state index in [1.807, 2.05) is 13.2 Å². The van der Waals surface area contributed by atoms with E-state index in [2.05, 4.69) is 20.3 Å². The van der Waals surface area contributed by atoms with Crippen molar-refractivity contribution in [1.29, 1.82) is 0 Å². The monoisotopic (exact) mass is 525 g/mol. The topological polar surface area (TPSA) is 72.3 Å². The predicted molar refractivity (Wildman–Crippen MR) is 133 cm³/mol. The molecule has 7 nitrogen and oxygen atoms in total. The van der Waals surface area contributed by atoms with Gasteiger partial charge in [0.05, 0.1) is 11.9 Å². The van der Waals surface area contributed by atoms with Crippen LogP contribution in [0.4, 0.5) is 13.2 Å². The van der Waals surface area contributed by atoms with E-state index < -0.39 is 18.2 Å². The summed E-state index contributed by atoms with van der Waals surface area (Å²) < 4.78 is 48.4. The van der Waals surface area contributed by atoms with Crippen molar-refractivity contribution in [3.8, 4) is 5.19 Å². The number of hydrogen-bond donors (Lipinski definition) is 1. The first-order valence-corrected chi connectivity index (χ1v) is 13.3. The van der Waals surface area contributed by atoms with Crippen molar-refractivity contribution in [3.63, 3.8) is 0 Å². The number of nitrogens with zero attached hydrogens (tertiary/aromatic N) is 4. The number of carbonyl (C=O) groups is 1. The summed E-state index contributed by atoms with van der Waals surface area (Å²) in [7, 11) is 1.82. The van der Waals surface area contributed by atoms with E-state index in [9.17, 15) is 13.6 Å².